The third-order valence-corrected chi connectivity index (χ3v) is 1.96. The minimum atomic E-state index is -1.10. The molecule has 0 spiro atoms. The molecule has 15 heavy (non-hydrogen) atoms. The van der Waals surface area contributed by atoms with Crippen molar-refractivity contribution in [1.29, 1.82) is 0 Å². The second-order valence-corrected chi connectivity index (χ2v) is 3.09. The summed E-state index contributed by atoms with van der Waals surface area (Å²) in [5, 5.41) is 8.63. The predicted molar refractivity (Wildman–Crippen MR) is 52.7 cm³/mol. The van der Waals surface area contributed by atoms with Gasteiger partial charge in [0.05, 0.1) is 6.20 Å². The lowest BCUT2D eigenvalue weighted by molar-refractivity contribution is 0.0660. The molecule has 0 fully saturated rings. The van der Waals surface area contributed by atoms with Crippen molar-refractivity contribution in [3.05, 3.63) is 53.7 Å². The molecule has 1 aromatic carbocycles. The number of hydrogen-bond acceptors (Lipinski definition) is 3. The minimum Gasteiger partial charge on any atom is -0.475 e. The Bertz CT molecular complexity index is 462. The average Bonchev–Trinajstić information content (AvgIpc) is 2.68. The van der Waals surface area contributed by atoms with Gasteiger partial charge in [0.2, 0.25) is 5.76 Å². The van der Waals surface area contributed by atoms with Gasteiger partial charge in [0.25, 0.3) is 0 Å². The Morgan fingerprint density at radius 2 is 2.07 bits per heavy atom. The highest BCUT2D eigenvalue weighted by Crippen LogP contribution is 2.09. The van der Waals surface area contributed by atoms with Crippen LogP contribution in [0.15, 0.2) is 40.9 Å². The van der Waals surface area contributed by atoms with Crippen molar-refractivity contribution in [1.82, 2.24) is 4.98 Å². The first-order valence-corrected chi connectivity index (χ1v) is 4.47. The third kappa shape index (κ3) is 2.22. The van der Waals surface area contributed by atoms with Crippen LogP contribution in [0.1, 0.15) is 22.0 Å². The second-order valence-electron chi connectivity index (χ2n) is 3.09. The maximum absolute atomic E-state index is 10.5. The van der Waals surface area contributed by atoms with Crippen molar-refractivity contribution in [3.63, 3.8) is 0 Å². The van der Waals surface area contributed by atoms with Crippen molar-refractivity contribution in [3.8, 4) is 0 Å². The molecule has 4 nitrogen and oxygen atoms in total. The molecule has 0 amide bonds. The highest BCUT2D eigenvalue weighted by molar-refractivity contribution is 5.83. The molecule has 1 N–H and O–H groups in total. The summed E-state index contributed by atoms with van der Waals surface area (Å²) in [6.07, 6.45) is 1.73. The van der Waals surface area contributed by atoms with Crippen LogP contribution in [0.25, 0.3) is 0 Å². The summed E-state index contributed by atoms with van der Waals surface area (Å²) in [5.41, 5.74) is 1.04. The van der Waals surface area contributed by atoms with E-state index in [2.05, 4.69) is 4.98 Å². The number of carboxylic acid groups (broad SMARTS) is 1. The van der Waals surface area contributed by atoms with Gasteiger partial charge in [-0.3, -0.25) is 0 Å². The Balaban J connectivity index is 2.15. The molecule has 2 aromatic rings. The van der Waals surface area contributed by atoms with Gasteiger partial charge in [-0.15, -0.1) is 0 Å². The Morgan fingerprint density at radius 3 is 2.67 bits per heavy atom. The van der Waals surface area contributed by atoms with E-state index in [0.717, 1.165) is 5.56 Å². The summed E-state index contributed by atoms with van der Waals surface area (Å²) in [4.78, 5) is 14.4. The Morgan fingerprint density at radius 1 is 1.33 bits per heavy atom. The van der Waals surface area contributed by atoms with E-state index >= 15 is 0 Å². The zero-order chi connectivity index (χ0) is 10.7. The monoisotopic (exact) mass is 203 g/mol. The number of nitrogens with zero attached hydrogens (tertiary/aromatic N) is 1. The van der Waals surface area contributed by atoms with Crippen LogP contribution in [0, 0.1) is 0 Å². The fourth-order valence-electron chi connectivity index (χ4n) is 1.26. The van der Waals surface area contributed by atoms with Crippen molar-refractivity contribution < 1.29 is 14.3 Å². The summed E-state index contributed by atoms with van der Waals surface area (Å²) in [6.45, 7) is 0. The summed E-state index contributed by atoms with van der Waals surface area (Å²) >= 11 is 0. The smallest absolute Gasteiger partial charge is 0.373 e. The van der Waals surface area contributed by atoms with Gasteiger partial charge >= 0.3 is 5.97 Å². The van der Waals surface area contributed by atoms with Crippen LogP contribution >= 0.6 is 0 Å². The molecule has 1 heterocycles. The van der Waals surface area contributed by atoms with Crippen molar-refractivity contribution in [2.24, 2.45) is 0 Å². The van der Waals surface area contributed by atoms with Crippen LogP contribution in [0.4, 0.5) is 0 Å². The van der Waals surface area contributed by atoms with Gasteiger partial charge in [0, 0.05) is 6.42 Å². The first kappa shape index (κ1) is 9.45. The SMILES string of the molecule is O=C(O)c1cnc(Cc2ccccc2)o1. The van der Waals surface area contributed by atoms with Gasteiger partial charge in [-0.05, 0) is 5.56 Å². The van der Waals surface area contributed by atoms with Gasteiger partial charge in [-0.25, -0.2) is 9.78 Å². The molecular formula is C11H9NO3. The van der Waals surface area contributed by atoms with Crippen LogP contribution in [0.3, 0.4) is 0 Å². The fraction of sp³-hybridized carbons (Fsp3) is 0.0909. The number of hydrogen-bond donors (Lipinski definition) is 1. The van der Waals surface area contributed by atoms with Gasteiger partial charge in [0.15, 0.2) is 5.89 Å². The summed E-state index contributed by atoms with van der Waals surface area (Å²) < 4.78 is 5.04. The average molecular weight is 203 g/mol. The van der Waals surface area contributed by atoms with Crippen LogP contribution in [0.2, 0.25) is 0 Å². The van der Waals surface area contributed by atoms with Gasteiger partial charge in [-0.2, -0.15) is 0 Å². The van der Waals surface area contributed by atoms with Crippen LogP contribution in [-0.4, -0.2) is 16.1 Å². The number of carbonyl (C=O) groups is 1. The summed E-state index contributed by atoms with van der Waals surface area (Å²) in [5.74, 6) is -0.804. The van der Waals surface area contributed by atoms with E-state index < -0.39 is 5.97 Å². The van der Waals surface area contributed by atoms with Gasteiger partial charge < -0.3 is 9.52 Å². The molecule has 0 aliphatic rings. The number of rotatable bonds is 3. The van der Waals surface area contributed by atoms with Crippen molar-refractivity contribution in [2.45, 2.75) is 6.42 Å². The zero-order valence-corrected chi connectivity index (χ0v) is 7.88. The lowest BCUT2D eigenvalue weighted by atomic mass is 10.2. The topological polar surface area (TPSA) is 63.3 Å². The molecular weight excluding hydrogens is 194 g/mol. The molecule has 0 atom stereocenters. The molecule has 2 rings (SSSR count). The second kappa shape index (κ2) is 3.96. The number of benzene rings is 1. The van der Waals surface area contributed by atoms with Crippen LogP contribution in [0.5, 0.6) is 0 Å². The minimum absolute atomic E-state index is 0.124. The highest BCUT2D eigenvalue weighted by atomic mass is 16.4. The van der Waals surface area contributed by atoms with E-state index in [0.29, 0.717) is 12.3 Å². The quantitative estimate of drug-likeness (QED) is 0.828. The molecule has 4 heteroatoms. The van der Waals surface area contributed by atoms with Gasteiger partial charge in [0.1, 0.15) is 0 Å². The third-order valence-electron chi connectivity index (χ3n) is 1.96. The Kier molecular flexibility index (Phi) is 2.49. The first-order valence-electron chi connectivity index (χ1n) is 4.47. The van der Waals surface area contributed by atoms with Crippen LogP contribution < -0.4 is 0 Å². The number of aromatic carboxylic acids is 1. The molecule has 0 aliphatic heterocycles. The normalized spacial score (nSPS) is 10.1. The molecule has 76 valence electrons. The molecule has 0 bridgehead atoms. The lowest BCUT2D eigenvalue weighted by Crippen LogP contribution is -1.92. The molecule has 1 aromatic heterocycles. The van der Waals surface area contributed by atoms with E-state index in [1.807, 2.05) is 30.3 Å². The highest BCUT2D eigenvalue weighted by Gasteiger charge is 2.10. The van der Waals surface area contributed by atoms with E-state index in [-0.39, 0.29) is 5.76 Å². The summed E-state index contributed by atoms with van der Waals surface area (Å²) in [7, 11) is 0. The van der Waals surface area contributed by atoms with Crippen molar-refractivity contribution in [2.75, 3.05) is 0 Å². The maximum atomic E-state index is 10.5. The Labute approximate surface area is 86.2 Å². The number of aromatic nitrogens is 1. The van der Waals surface area contributed by atoms with E-state index in [1.54, 1.807) is 0 Å². The largest absolute Gasteiger partial charge is 0.475 e. The molecule has 0 unspecified atom stereocenters. The van der Waals surface area contributed by atoms with E-state index in [1.165, 1.54) is 6.20 Å². The number of carboxylic acids is 1. The molecule has 0 aliphatic carbocycles. The molecule has 0 saturated carbocycles. The van der Waals surface area contributed by atoms with Crippen LogP contribution in [-0.2, 0) is 6.42 Å². The van der Waals surface area contributed by atoms with Gasteiger partial charge in [-0.1, -0.05) is 30.3 Å². The fourth-order valence-corrected chi connectivity index (χ4v) is 1.26. The maximum Gasteiger partial charge on any atom is 0.373 e. The molecule has 0 radical (unpaired) electrons. The van der Waals surface area contributed by atoms with Crippen molar-refractivity contribution >= 4 is 5.97 Å². The lowest BCUT2D eigenvalue weighted by Gasteiger charge is -1.95. The first-order chi connectivity index (χ1) is 7.25. The standard InChI is InChI=1S/C11H9NO3/c13-11(14)9-7-12-10(15-9)6-8-4-2-1-3-5-8/h1-5,7H,6H2,(H,13,14). The van der Waals surface area contributed by atoms with E-state index in [4.69, 9.17) is 9.52 Å². The zero-order valence-electron chi connectivity index (χ0n) is 7.88. The van der Waals surface area contributed by atoms with E-state index in [9.17, 15) is 4.79 Å². The predicted octanol–water partition coefficient (Wildman–Crippen LogP) is 1.96. The number of oxazole rings is 1. The summed E-state index contributed by atoms with van der Waals surface area (Å²) in [6, 6.07) is 9.61. The Hall–Kier alpha value is -2.10. The molecule has 0 saturated heterocycles.